The van der Waals surface area contributed by atoms with Gasteiger partial charge < -0.3 is 19.4 Å². The first-order chi connectivity index (χ1) is 14.3. The van der Waals surface area contributed by atoms with Gasteiger partial charge in [-0.2, -0.15) is 0 Å². The van der Waals surface area contributed by atoms with Crippen molar-refractivity contribution in [2.45, 2.75) is 17.8 Å². The highest BCUT2D eigenvalue weighted by Gasteiger charge is 2.42. The first kappa shape index (κ1) is 19.5. The van der Waals surface area contributed by atoms with Gasteiger partial charge in [-0.3, -0.25) is 0 Å². The predicted octanol–water partition coefficient (Wildman–Crippen LogP) is 3.57. The Morgan fingerprint density at radius 2 is 1.31 bits per heavy atom. The molecule has 1 N–H and O–H groups in total. The van der Waals surface area contributed by atoms with Crippen molar-refractivity contribution in [2.75, 3.05) is 13.2 Å². The Balaban J connectivity index is 1.81. The summed E-state index contributed by atoms with van der Waals surface area (Å²) >= 11 is 0. The van der Waals surface area contributed by atoms with E-state index < -0.39 is 23.7 Å². The van der Waals surface area contributed by atoms with E-state index in [2.05, 4.69) is 0 Å². The molecular formula is C25H24O4. The molecule has 0 spiro atoms. The van der Waals surface area contributed by atoms with E-state index in [-0.39, 0.29) is 13.2 Å². The molecule has 148 valence electrons. The number of ether oxygens (including phenoxy) is 2. The van der Waals surface area contributed by atoms with Crippen LogP contribution in [0.2, 0.25) is 0 Å². The average Bonchev–Trinajstić information content (AvgIpc) is 3.16. The van der Waals surface area contributed by atoms with E-state index >= 15 is 0 Å². The molecule has 1 heterocycles. The molecule has 3 aromatic carbocycles. The minimum Gasteiger partial charge on any atom is -0.390 e. The summed E-state index contributed by atoms with van der Waals surface area (Å²) in [4.78, 5) is 11.5. The van der Waals surface area contributed by atoms with Crippen molar-refractivity contribution >= 4 is 6.29 Å². The molecule has 1 fully saturated rings. The Labute approximate surface area is 170 Å². The third kappa shape index (κ3) is 3.75. The van der Waals surface area contributed by atoms with E-state index in [4.69, 9.17) is 9.47 Å². The van der Waals surface area contributed by atoms with Crippen molar-refractivity contribution in [3.63, 3.8) is 0 Å². The number of aliphatic hydroxyl groups excluding tert-OH is 1. The first-order valence-corrected chi connectivity index (χ1v) is 9.81. The summed E-state index contributed by atoms with van der Waals surface area (Å²) < 4.78 is 12.3. The van der Waals surface area contributed by atoms with Crippen LogP contribution in [-0.2, 0) is 19.9 Å². The van der Waals surface area contributed by atoms with Gasteiger partial charge in [0.1, 0.15) is 11.9 Å². The number of aldehydes is 1. The summed E-state index contributed by atoms with van der Waals surface area (Å²) in [5.41, 5.74) is 2.09. The third-order valence-corrected chi connectivity index (χ3v) is 5.52. The highest BCUT2D eigenvalue weighted by Crippen LogP contribution is 2.41. The highest BCUT2D eigenvalue weighted by molar-refractivity contribution is 5.56. The number of rotatable bonds is 7. The van der Waals surface area contributed by atoms with Gasteiger partial charge in [0.05, 0.1) is 31.3 Å². The van der Waals surface area contributed by atoms with Crippen LogP contribution in [0.4, 0.5) is 0 Å². The average molecular weight is 388 g/mol. The van der Waals surface area contributed by atoms with Gasteiger partial charge in [0.15, 0.2) is 0 Å². The molecule has 1 unspecified atom stereocenters. The smallest absolute Gasteiger partial charge is 0.143 e. The quantitative estimate of drug-likeness (QED) is 0.497. The van der Waals surface area contributed by atoms with Crippen LogP contribution in [-0.4, -0.2) is 36.8 Å². The van der Waals surface area contributed by atoms with Gasteiger partial charge in [-0.1, -0.05) is 91.0 Å². The zero-order valence-corrected chi connectivity index (χ0v) is 16.1. The topological polar surface area (TPSA) is 55.8 Å². The molecule has 0 aromatic heterocycles. The van der Waals surface area contributed by atoms with Gasteiger partial charge in [-0.25, -0.2) is 0 Å². The van der Waals surface area contributed by atoms with E-state index in [9.17, 15) is 9.90 Å². The van der Waals surface area contributed by atoms with Gasteiger partial charge in [0.25, 0.3) is 0 Å². The molecule has 4 heteroatoms. The van der Waals surface area contributed by atoms with Gasteiger partial charge in [0, 0.05) is 0 Å². The van der Waals surface area contributed by atoms with Gasteiger partial charge in [0.2, 0.25) is 0 Å². The second-order valence-electron chi connectivity index (χ2n) is 7.24. The van der Waals surface area contributed by atoms with E-state index in [1.165, 1.54) is 0 Å². The maximum Gasteiger partial charge on any atom is 0.143 e. The maximum absolute atomic E-state index is 11.5. The first-order valence-electron chi connectivity index (χ1n) is 9.81. The second-order valence-corrected chi connectivity index (χ2v) is 7.24. The molecule has 4 rings (SSSR count). The van der Waals surface area contributed by atoms with Crippen molar-refractivity contribution in [1.29, 1.82) is 0 Å². The van der Waals surface area contributed by atoms with Crippen molar-refractivity contribution in [3.8, 4) is 0 Å². The van der Waals surface area contributed by atoms with Crippen molar-refractivity contribution in [3.05, 3.63) is 108 Å². The molecule has 1 saturated heterocycles. The lowest BCUT2D eigenvalue weighted by molar-refractivity contribution is -0.117. The molecule has 0 radical (unpaired) electrons. The summed E-state index contributed by atoms with van der Waals surface area (Å²) in [6.07, 6.45) is -0.514. The molecule has 3 atom stereocenters. The highest BCUT2D eigenvalue weighted by atomic mass is 16.6. The lowest BCUT2D eigenvalue weighted by atomic mass is 9.80. The molecule has 0 aliphatic carbocycles. The molecule has 0 amide bonds. The summed E-state index contributed by atoms with van der Waals surface area (Å²) in [5.74, 6) is -0.588. The van der Waals surface area contributed by atoms with Crippen molar-refractivity contribution < 1.29 is 19.4 Å². The minimum atomic E-state index is -0.867. The van der Waals surface area contributed by atoms with Crippen LogP contribution >= 0.6 is 0 Å². The molecule has 4 nitrogen and oxygen atoms in total. The number of hydrogen-bond acceptors (Lipinski definition) is 4. The fraction of sp³-hybridized carbons (Fsp3) is 0.240. The van der Waals surface area contributed by atoms with E-state index in [0.29, 0.717) is 0 Å². The summed E-state index contributed by atoms with van der Waals surface area (Å²) in [5, 5.41) is 10.0. The van der Waals surface area contributed by atoms with Crippen LogP contribution in [0.15, 0.2) is 91.0 Å². The van der Waals surface area contributed by atoms with Gasteiger partial charge in [-0.05, 0) is 16.7 Å². The number of carbonyl (C=O) groups excluding carboxylic acids is 1. The molecule has 29 heavy (non-hydrogen) atoms. The fourth-order valence-electron chi connectivity index (χ4n) is 4.01. The van der Waals surface area contributed by atoms with Crippen LogP contribution in [0.25, 0.3) is 0 Å². The number of hydrogen-bond donors (Lipinski definition) is 1. The molecule has 0 saturated carbocycles. The Morgan fingerprint density at radius 1 is 0.862 bits per heavy atom. The predicted molar refractivity (Wildman–Crippen MR) is 110 cm³/mol. The zero-order chi connectivity index (χ0) is 20.1. The van der Waals surface area contributed by atoms with Crippen molar-refractivity contribution in [1.82, 2.24) is 0 Å². The normalized spacial score (nSPS) is 21.8. The molecular weight excluding hydrogens is 364 g/mol. The Morgan fingerprint density at radius 3 is 1.72 bits per heavy atom. The molecule has 3 aromatic rings. The zero-order valence-electron chi connectivity index (χ0n) is 16.1. The minimum absolute atomic E-state index is 0.145. The number of aliphatic hydroxyl groups is 1. The Bertz CT molecular complexity index is 815. The summed E-state index contributed by atoms with van der Waals surface area (Å²) in [6.45, 7) is 0.325. The van der Waals surface area contributed by atoms with Gasteiger partial charge in [-0.15, -0.1) is 0 Å². The lowest BCUT2D eigenvalue weighted by Crippen LogP contribution is -2.38. The fourth-order valence-corrected chi connectivity index (χ4v) is 4.01. The number of carbonyl (C=O) groups is 1. The Kier molecular flexibility index (Phi) is 5.86. The van der Waals surface area contributed by atoms with Crippen LogP contribution in [0, 0.1) is 5.92 Å². The van der Waals surface area contributed by atoms with E-state index in [1.807, 2.05) is 91.0 Å². The molecule has 1 aliphatic rings. The van der Waals surface area contributed by atoms with Crippen LogP contribution in [0.1, 0.15) is 16.7 Å². The number of benzene rings is 3. The second kappa shape index (κ2) is 8.70. The SMILES string of the molecule is O=CC1[C@@H](O)CO[C@@H]1COC(c1ccccc1)(c1ccccc1)c1ccccc1. The maximum atomic E-state index is 11.5. The standard InChI is InChI=1S/C25H24O4/c26-16-22-23(27)17-28-24(22)18-29-25(19-10-4-1-5-11-19,20-12-6-2-7-13-20)21-14-8-3-9-15-21/h1-16,22-24,27H,17-18H2/t22?,23-,24+/m0/s1. The van der Waals surface area contributed by atoms with E-state index in [0.717, 1.165) is 23.0 Å². The summed E-state index contributed by atoms with van der Waals surface area (Å²) in [7, 11) is 0. The third-order valence-electron chi connectivity index (χ3n) is 5.52. The monoisotopic (exact) mass is 388 g/mol. The molecule has 1 aliphatic heterocycles. The van der Waals surface area contributed by atoms with Crippen LogP contribution in [0.3, 0.4) is 0 Å². The molecule has 0 bridgehead atoms. The summed E-state index contributed by atoms with van der Waals surface area (Å²) in [6, 6.07) is 30.1. The lowest BCUT2D eigenvalue weighted by Gasteiger charge is -2.37. The van der Waals surface area contributed by atoms with Gasteiger partial charge >= 0.3 is 0 Å². The largest absolute Gasteiger partial charge is 0.390 e. The van der Waals surface area contributed by atoms with E-state index in [1.54, 1.807) is 0 Å². The Hall–Kier alpha value is -2.79. The van der Waals surface area contributed by atoms with Crippen LogP contribution in [0.5, 0.6) is 0 Å². The van der Waals surface area contributed by atoms with Crippen LogP contribution < -0.4 is 0 Å². The van der Waals surface area contributed by atoms with Crippen molar-refractivity contribution in [2.24, 2.45) is 5.92 Å².